The van der Waals surface area contributed by atoms with Crippen molar-refractivity contribution >= 4 is 5.91 Å². The van der Waals surface area contributed by atoms with Crippen molar-refractivity contribution in [2.75, 3.05) is 13.2 Å². The van der Waals surface area contributed by atoms with Crippen LogP contribution >= 0.6 is 0 Å². The van der Waals surface area contributed by atoms with Crippen LogP contribution in [0.3, 0.4) is 0 Å². The zero-order chi connectivity index (χ0) is 14.5. The van der Waals surface area contributed by atoms with E-state index in [9.17, 15) is 4.79 Å². The highest BCUT2D eigenvalue weighted by Crippen LogP contribution is 2.25. The van der Waals surface area contributed by atoms with Gasteiger partial charge in [0.1, 0.15) is 6.10 Å². The fourth-order valence-corrected chi connectivity index (χ4v) is 2.47. The van der Waals surface area contributed by atoms with E-state index in [4.69, 9.17) is 10.5 Å². The molecule has 110 valence electrons. The van der Waals surface area contributed by atoms with Crippen LogP contribution < -0.4 is 5.73 Å². The van der Waals surface area contributed by atoms with E-state index < -0.39 is 0 Å². The maximum absolute atomic E-state index is 12.3. The largest absolute Gasteiger partial charge is 0.370 e. The van der Waals surface area contributed by atoms with Crippen LogP contribution in [0.1, 0.15) is 38.4 Å². The Labute approximate surface area is 120 Å². The number of carbonyl (C=O) groups excluding carboxylic acids is 1. The van der Waals surface area contributed by atoms with Crippen molar-refractivity contribution in [3.8, 4) is 0 Å². The van der Waals surface area contributed by atoms with E-state index in [2.05, 4.69) is 0 Å². The van der Waals surface area contributed by atoms with Crippen molar-refractivity contribution in [1.82, 2.24) is 4.90 Å². The minimum Gasteiger partial charge on any atom is -0.370 e. The van der Waals surface area contributed by atoms with Crippen LogP contribution in [0, 0.1) is 0 Å². The van der Waals surface area contributed by atoms with Gasteiger partial charge in [-0.1, -0.05) is 30.3 Å². The fourth-order valence-electron chi connectivity index (χ4n) is 2.47. The predicted molar refractivity (Wildman–Crippen MR) is 79.2 cm³/mol. The molecule has 0 spiro atoms. The quantitative estimate of drug-likeness (QED) is 0.916. The van der Waals surface area contributed by atoms with Gasteiger partial charge in [0.15, 0.2) is 0 Å². The Kier molecular flexibility index (Phi) is 5.15. The average Bonchev–Trinajstić information content (AvgIpc) is 2.46. The molecule has 1 aromatic rings. The predicted octanol–water partition coefficient (Wildman–Crippen LogP) is 2.10. The van der Waals surface area contributed by atoms with Gasteiger partial charge in [-0.2, -0.15) is 0 Å². The van der Waals surface area contributed by atoms with E-state index in [1.54, 1.807) is 0 Å². The van der Waals surface area contributed by atoms with Crippen LogP contribution in [0.2, 0.25) is 0 Å². The van der Waals surface area contributed by atoms with Crippen molar-refractivity contribution in [1.29, 1.82) is 0 Å². The summed E-state index contributed by atoms with van der Waals surface area (Å²) in [5, 5.41) is 0. The van der Waals surface area contributed by atoms with Crippen molar-refractivity contribution in [2.24, 2.45) is 5.73 Å². The number of morpholine rings is 1. The molecule has 0 saturated carbocycles. The number of rotatable bonds is 4. The van der Waals surface area contributed by atoms with Gasteiger partial charge in [-0.3, -0.25) is 4.79 Å². The first kappa shape index (κ1) is 15.0. The minimum atomic E-state index is -0.0216. The van der Waals surface area contributed by atoms with Crippen LogP contribution in [0.4, 0.5) is 0 Å². The first-order valence-electron chi connectivity index (χ1n) is 7.29. The van der Waals surface area contributed by atoms with Gasteiger partial charge in [-0.05, 0) is 25.8 Å². The Balaban J connectivity index is 1.99. The van der Waals surface area contributed by atoms with E-state index in [-0.39, 0.29) is 24.1 Å². The third kappa shape index (κ3) is 3.81. The molecule has 1 aliphatic rings. The smallest absolute Gasteiger partial charge is 0.223 e. The van der Waals surface area contributed by atoms with Gasteiger partial charge in [0.05, 0.1) is 19.2 Å². The lowest BCUT2D eigenvalue weighted by Gasteiger charge is -2.38. The summed E-state index contributed by atoms with van der Waals surface area (Å²) >= 11 is 0. The van der Waals surface area contributed by atoms with Gasteiger partial charge >= 0.3 is 0 Å². The molecule has 0 aliphatic carbocycles. The monoisotopic (exact) mass is 276 g/mol. The molecule has 1 heterocycles. The SMILES string of the molecule is CC(N)CCC(=O)N1CC(c2ccccc2)OCC1C. The van der Waals surface area contributed by atoms with Crippen molar-refractivity contribution in [2.45, 2.75) is 44.9 Å². The van der Waals surface area contributed by atoms with E-state index in [1.165, 1.54) is 0 Å². The second-order valence-electron chi connectivity index (χ2n) is 5.64. The summed E-state index contributed by atoms with van der Waals surface area (Å²) in [7, 11) is 0. The molecule has 0 radical (unpaired) electrons. The lowest BCUT2D eigenvalue weighted by Crippen LogP contribution is -2.48. The Bertz CT molecular complexity index is 433. The number of carbonyl (C=O) groups is 1. The van der Waals surface area contributed by atoms with E-state index in [0.717, 1.165) is 12.0 Å². The van der Waals surface area contributed by atoms with Gasteiger partial charge in [-0.25, -0.2) is 0 Å². The summed E-state index contributed by atoms with van der Waals surface area (Å²) in [5.74, 6) is 0.180. The van der Waals surface area contributed by atoms with Crippen LogP contribution in [-0.2, 0) is 9.53 Å². The van der Waals surface area contributed by atoms with Gasteiger partial charge < -0.3 is 15.4 Å². The topological polar surface area (TPSA) is 55.6 Å². The zero-order valence-electron chi connectivity index (χ0n) is 12.3. The minimum absolute atomic E-state index is 0.0216. The van der Waals surface area contributed by atoms with Gasteiger partial charge in [-0.15, -0.1) is 0 Å². The van der Waals surface area contributed by atoms with Crippen molar-refractivity contribution < 1.29 is 9.53 Å². The number of benzene rings is 1. The lowest BCUT2D eigenvalue weighted by molar-refractivity contribution is -0.144. The Morgan fingerprint density at radius 1 is 1.45 bits per heavy atom. The molecule has 1 aromatic carbocycles. The first-order chi connectivity index (χ1) is 9.58. The summed E-state index contributed by atoms with van der Waals surface area (Å²) in [4.78, 5) is 14.2. The van der Waals surface area contributed by atoms with Crippen LogP contribution in [-0.4, -0.2) is 36.0 Å². The molecule has 2 rings (SSSR count). The van der Waals surface area contributed by atoms with E-state index in [1.807, 2.05) is 49.1 Å². The third-order valence-electron chi connectivity index (χ3n) is 3.74. The molecule has 1 aliphatic heterocycles. The summed E-state index contributed by atoms with van der Waals surface area (Å²) in [6, 6.07) is 10.3. The maximum atomic E-state index is 12.3. The van der Waals surface area contributed by atoms with Crippen molar-refractivity contribution in [3.05, 3.63) is 35.9 Å². The molecular weight excluding hydrogens is 252 g/mol. The molecule has 2 N–H and O–H groups in total. The fraction of sp³-hybridized carbons (Fsp3) is 0.562. The molecule has 0 aromatic heterocycles. The average molecular weight is 276 g/mol. The van der Waals surface area contributed by atoms with Gasteiger partial charge in [0, 0.05) is 12.5 Å². The molecule has 3 atom stereocenters. The van der Waals surface area contributed by atoms with Crippen LogP contribution in [0.25, 0.3) is 0 Å². The number of nitrogens with two attached hydrogens (primary N) is 1. The molecule has 0 bridgehead atoms. The number of ether oxygens (including phenoxy) is 1. The summed E-state index contributed by atoms with van der Waals surface area (Å²) in [6.07, 6.45) is 1.23. The van der Waals surface area contributed by atoms with Crippen molar-refractivity contribution in [3.63, 3.8) is 0 Å². The Hall–Kier alpha value is -1.39. The maximum Gasteiger partial charge on any atom is 0.223 e. The number of nitrogens with zero attached hydrogens (tertiary/aromatic N) is 1. The highest BCUT2D eigenvalue weighted by molar-refractivity contribution is 5.76. The molecule has 1 saturated heterocycles. The Morgan fingerprint density at radius 2 is 2.15 bits per heavy atom. The molecular formula is C16H24N2O2. The molecule has 4 heteroatoms. The molecule has 3 unspecified atom stereocenters. The highest BCUT2D eigenvalue weighted by Gasteiger charge is 2.30. The van der Waals surface area contributed by atoms with Crippen LogP contribution in [0.15, 0.2) is 30.3 Å². The molecule has 4 nitrogen and oxygen atoms in total. The summed E-state index contributed by atoms with van der Waals surface area (Å²) in [6.45, 7) is 5.18. The van der Waals surface area contributed by atoms with E-state index in [0.29, 0.717) is 19.6 Å². The summed E-state index contributed by atoms with van der Waals surface area (Å²) in [5.41, 5.74) is 6.86. The van der Waals surface area contributed by atoms with E-state index >= 15 is 0 Å². The molecule has 1 amide bonds. The number of amides is 1. The normalized spacial score (nSPS) is 24.4. The standard InChI is InChI=1S/C16H24N2O2/c1-12(17)8-9-16(19)18-10-15(20-11-13(18)2)14-6-4-3-5-7-14/h3-7,12-13,15H,8-11,17H2,1-2H3. The zero-order valence-corrected chi connectivity index (χ0v) is 12.3. The number of hydrogen-bond donors (Lipinski definition) is 1. The first-order valence-corrected chi connectivity index (χ1v) is 7.29. The third-order valence-corrected chi connectivity index (χ3v) is 3.74. The number of hydrogen-bond acceptors (Lipinski definition) is 3. The lowest BCUT2D eigenvalue weighted by atomic mass is 10.1. The highest BCUT2D eigenvalue weighted by atomic mass is 16.5. The second kappa shape index (κ2) is 6.86. The summed E-state index contributed by atoms with van der Waals surface area (Å²) < 4.78 is 5.86. The van der Waals surface area contributed by atoms with Gasteiger partial charge in [0.2, 0.25) is 5.91 Å². The van der Waals surface area contributed by atoms with Gasteiger partial charge in [0.25, 0.3) is 0 Å². The molecule has 1 fully saturated rings. The molecule has 20 heavy (non-hydrogen) atoms. The Morgan fingerprint density at radius 3 is 2.80 bits per heavy atom. The van der Waals surface area contributed by atoms with Crippen LogP contribution in [0.5, 0.6) is 0 Å². The second-order valence-corrected chi connectivity index (χ2v) is 5.64.